The summed E-state index contributed by atoms with van der Waals surface area (Å²) >= 11 is 1.36. The van der Waals surface area contributed by atoms with E-state index in [1.807, 2.05) is 18.2 Å². The lowest BCUT2D eigenvalue weighted by Gasteiger charge is -2.02. The normalized spacial score (nSPS) is 10.7. The summed E-state index contributed by atoms with van der Waals surface area (Å²) < 4.78 is 11.1. The van der Waals surface area contributed by atoms with Crippen molar-refractivity contribution in [1.82, 2.24) is 5.32 Å². The van der Waals surface area contributed by atoms with Crippen molar-refractivity contribution >= 4 is 33.0 Å². The van der Waals surface area contributed by atoms with Crippen LogP contribution in [0.5, 0.6) is 5.75 Å². The van der Waals surface area contributed by atoms with Gasteiger partial charge in [0.05, 0.1) is 25.3 Å². The smallest absolute Gasteiger partial charge is 0.263 e. The predicted molar refractivity (Wildman–Crippen MR) is 82.7 cm³/mol. The molecule has 5 nitrogen and oxygen atoms in total. The lowest BCUT2D eigenvalue weighted by molar-refractivity contribution is 0.0956. The van der Waals surface area contributed by atoms with Gasteiger partial charge in [-0.3, -0.25) is 4.79 Å². The number of amides is 1. The second kappa shape index (κ2) is 5.49. The number of thiophene rings is 1. The zero-order valence-electron chi connectivity index (χ0n) is 11.4. The number of nitrogens with one attached hydrogen (secondary N) is 1. The molecule has 3 aromatic rings. The van der Waals surface area contributed by atoms with Crippen LogP contribution in [0.3, 0.4) is 0 Å². The molecule has 3 rings (SSSR count). The van der Waals surface area contributed by atoms with Gasteiger partial charge in [0.25, 0.3) is 5.91 Å². The molecule has 0 bridgehead atoms. The quantitative estimate of drug-likeness (QED) is 0.776. The summed E-state index contributed by atoms with van der Waals surface area (Å²) in [7, 11) is 1.61. The Bertz CT molecular complexity index is 778. The third-order valence-electron chi connectivity index (χ3n) is 3.17. The van der Waals surface area contributed by atoms with Crippen molar-refractivity contribution in [2.24, 2.45) is 0 Å². The minimum absolute atomic E-state index is 0.186. The number of nitrogen functional groups attached to an aromatic ring is 1. The molecule has 0 fully saturated rings. The predicted octanol–water partition coefficient (Wildman–Crippen LogP) is 3.02. The molecule has 0 unspecified atom stereocenters. The third kappa shape index (κ3) is 2.57. The number of rotatable bonds is 4. The summed E-state index contributed by atoms with van der Waals surface area (Å²) in [6.45, 7) is 0.409. The van der Waals surface area contributed by atoms with Crippen LogP contribution >= 0.6 is 11.3 Å². The van der Waals surface area contributed by atoms with Crippen LogP contribution < -0.4 is 15.8 Å². The number of carbonyl (C=O) groups excluding carboxylic acids is 1. The van der Waals surface area contributed by atoms with Gasteiger partial charge in [-0.15, -0.1) is 11.3 Å². The summed E-state index contributed by atoms with van der Waals surface area (Å²) in [5.74, 6) is 0.558. The number of hydrogen-bond acceptors (Lipinski definition) is 5. The molecule has 1 aromatic carbocycles. The molecular formula is C15H14N2O3S. The maximum absolute atomic E-state index is 12.2. The fraction of sp³-hybridized carbons (Fsp3) is 0.133. The van der Waals surface area contributed by atoms with Crippen LogP contribution in [0.1, 0.15) is 15.2 Å². The van der Waals surface area contributed by atoms with Crippen molar-refractivity contribution in [3.63, 3.8) is 0 Å². The molecule has 2 heterocycles. The monoisotopic (exact) mass is 302 g/mol. The van der Waals surface area contributed by atoms with E-state index in [1.54, 1.807) is 25.7 Å². The van der Waals surface area contributed by atoms with Crippen molar-refractivity contribution in [2.45, 2.75) is 6.54 Å². The minimum atomic E-state index is -0.186. The first-order chi connectivity index (χ1) is 10.2. The molecule has 0 atom stereocenters. The van der Waals surface area contributed by atoms with E-state index in [0.717, 1.165) is 21.4 Å². The first-order valence-electron chi connectivity index (χ1n) is 6.34. The Balaban J connectivity index is 1.85. The molecule has 0 aliphatic heterocycles. The largest absolute Gasteiger partial charge is 0.497 e. The molecule has 1 amide bonds. The molecule has 0 saturated carbocycles. The number of ether oxygens (including phenoxy) is 1. The first-order valence-corrected chi connectivity index (χ1v) is 7.16. The molecule has 2 aromatic heterocycles. The number of benzene rings is 1. The maximum Gasteiger partial charge on any atom is 0.263 e. The standard InChI is InChI=1S/C15H14N2O3S/c1-19-10-2-3-11-12(6-10)21-14(13(11)16)15(18)17-7-9-4-5-20-8-9/h2-6,8H,7,16H2,1H3,(H,17,18). The Hall–Kier alpha value is -2.47. The summed E-state index contributed by atoms with van der Waals surface area (Å²) in [6, 6.07) is 7.38. The Morgan fingerprint density at radius 2 is 2.29 bits per heavy atom. The van der Waals surface area contributed by atoms with Crippen LogP contribution in [0.15, 0.2) is 41.2 Å². The first kappa shape index (κ1) is 13.5. The molecule has 0 aliphatic carbocycles. The van der Waals surface area contributed by atoms with Crippen molar-refractivity contribution in [3.05, 3.63) is 47.2 Å². The summed E-state index contributed by atoms with van der Waals surface area (Å²) in [5, 5.41) is 3.70. The van der Waals surface area contributed by atoms with E-state index in [4.69, 9.17) is 14.9 Å². The summed E-state index contributed by atoms with van der Waals surface area (Å²) in [5.41, 5.74) is 7.48. The highest BCUT2D eigenvalue weighted by Crippen LogP contribution is 2.35. The third-order valence-corrected chi connectivity index (χ3v) is 4.34. The van der Waals surface area contributed by atoms with E-state index < -0.39 is 0 Å². The van der Waals surface area contributed by atoms with Crippen LogP contribution in [0.25, 0.3) is 10.1 Å². The van der Waals surface area contributed by atoms with E-state index in [-0.39, 0.29) is 5.91 Å². The van der Waals surface area contributed by atoms with Gasteiger partial charge in [0.2, 0.25) is 0 Å². The Labute approximate surface area is 125 Å². The van der Waals surface area contributed by atoms with Gasteiger partial charge >= 0.3 is 0 Å². The highest BCUT2D eigenvalue weighted by molar-refractivity contribution is 7.21. The van der Waals surface area contributed by atoms with Crippen LogP contribution in [-0.4, -0.2) is 13.0 Å². The van der Waals surface area contributed by atoms with Gasteiger partial charge in [-0.1, -0.05) is 0 Å². The summed E-state index contributed by atoms with van der Waals surface area (Å²) in [6.07, 6.45) is 3.17. The average Bonchev–Trinajstić information content (AvgIpc) is 3.12. The van der Waals surface area contributed by atoms with E-state index >= 15 is 0 Å². The van der Waals surface area contributed by atoms with Crippen LogP contribution in [-0.2, 0) is 6.54 Å². The van der Waals surface area contributed by atoms with E-state index in [1.165, 1.54) is 11.3 Å². The molecule has 0 spiro atoms. The highest BCUT2D eigenvalue weighted by atomic mass is 32.1. The number of anilines is 1. The van der Waals surface area contributed by atoms with Gasteiger partial charge in [0.15, 0.2) is 0 Å². The fourth-order valence-electron chi connectivity index (χ4n) is 2.05. The van der Waals surface area contributed by atoms with Crippen molar-refractivity contribution in [1.29, 1.82) is 0 Å². The zero-order chi connectivity index (χ0) is 14.8. The van der Waals surface area contributed by atoms with Crippen LogP contribution in [0.4, 0.5) is 5.69 Å². The topological polar surface area (TPSA) is 77.5 Å². The van der Waals surface area contributed by atoms with Crippen LogP contribution in [0.2, 0.25) is 0 Å². The molecule has 0 saturated heterocycles. The molecule has 0 radical (unpaired) electrons. The average molecular weight is 302 g/mol. The SMILES string of the molecule is COc1ccc2c(N)c(C(=O)NCc3ccoc3)sc2c1. The molecule has 6 heteroatoms. The Morgan fingerprint density at radius 1 is 1.43 bits per heavy atom. The Morgan fingerprint density at radius 3 is 3.00 bits per heavy atom. The fourth-order valence-corrected chi connectivity index (χ4v) is 3.12. The highest BCUT2D eigenvalue weighted by Gasteiger charge is 2.16. The lowest BCUT2D eigenvalue weighted by Crippen LogP contribution is -2.22. The maximum atomic E-state index is 12.2. The van der Waals surface area contributed by atoms with Gasteiger partial charge < -0.3 is 20.2 Å². The van der Waals surface area contributed by atoms with Crippen molar-refractivity contribution < 1.29 is 13.9 Å². The van der Waals surface area contributed by atoms with Crippen molar-refractivity contribution in [3.8, 4) is 5.75 Å². The second-order valence-electron chi connectivity index (χ2n) is 4.52. The van der Waals surface area contributed by atoms with Gasteiger partial charge in [0, 0.05) is 22.2 Å². The van der Waals surface area contributed by atoms with Gasteiger partial charge in [-0.25, -0.2) is 0 Å². The molecule has 21 heavy (non-hydrogen) atoms. The van der Waals surface area contributed by atoms with Gasteiger partial charge in [0.1, 0.15) is 10.6 Å². The second-order valence-corrected chi connectivity index (χ2v) is 5.57. The van der Waals surface area contributed by atoms with Gasteiger partial charge in [-0.05, 0) is 24.3 Å². The van der Waals surface area contributed by atoms with Crippen LogP contribution in [0, 0.1) is 0 Å². The number of furan rings is 1. The molecule has 0 aliphatic rings. The van der Waals surface area contributed by atoms with Crippen molar-refractivity contribution in [2.75, 3.05) is 12.8 Å². The van der Waals surface area contributed by atoms with E-state index in [2.05, 4.69) is 5.32 Å². The number of carbonyl (C=O) groups is 1. The number of methoxy groups -OCH3 is 1. The van der Waals surface area contributed by atoms with E-state index in [9.17, 15) is 4.79 Å². The summed E-state index contributed by atoms with van der Waals surface area (Å²) in [4.78, 5) is 12.8. The molecular weight excluding hydrogens is 288 g/mol. The number of nitrogens with two attached hydrogens (primary N) is 1. The number of hydrogen-bond donors (Lipinski definition) is 2. The lowest BCUT2D eigenvalue weighted by atomic mass is 10.2. The van der Waals surface area contributed by atoms with E-state index in [0.29, 0.717) is 17.1 Å². The molecule has 3 N–H and O–H groups in total. The number of fused-ring (bicyclic) bond motifs is 1. The zero-order valence-corrected chi connectivity index (χ0v) is 12.2. The molecule has 108 valence electrons. The minimum Gasteiger partial charge on any atom is -0.497 e. The van der Waals surface area contributed by atoms with Gasteiger partial charge in [-0.2, -0.15) is 0 Å². The Kier molecular flexibility index (Phi) is 3.53.